The molecule has 2 amide bonds. The minimum atomic E-state index is -0.455. The summed E-state index contributed by atoms with van der Waals surface area (Å²) in [5.74, 6) is -0.114. The van der Waals surface area contributed by atoms with Crippen LogP contribution in [0.25, 0.3) is 11.0 Å². The number of rotatable bonds is 4. The third-order valence-corrected chi connectivity index (χ3v) is 4.80. The van der Waals surface area contributed by atoms with Gasteiger partial charge in [-0.25, -0.2) is 4.79 Å². The lowest BCUT2D eigenvalue weighted by Crippen LogP contribution is -2.39. The molecule has 1 aromatic carbocycles. The Bertz CT molecular complexity index is 905. The number of fused-ring (bicyclic) bond motifs is 1. The molecule has 7 nitrogen and oxygen atoms in total. The van der Waals surface area contributed by atoms with Crippen LogP contribution >= 0.6 is 0 Å². The Balaban J connectivity index is 1.73. The predicted molar refractivity (Wildman–Crippen MR) is 101 cm³/mol. The lowest BCUT2D eigenvalue weighted by molar-refractivity contribution is -0.136. The number of aryl methyl sites for hydroxylation is 1. The van der Waals surface area contributed by atoms with Crippen molar-refractivity contribution in [2.75, 3.05) is 39.9 Å². The molecule has 27 heavy (non-hydrogen) atoms. The van der Waals surface area contributed by atoms with Gasteiger partial charge in [0, 0.05) is 44.7 Å². The summed E-state index contributed by atoms with van der Waals surface area (Å²) in [6, 6.07) is 7.00. The SMILES string of the molecule is COCC(=O)N1CCCN(C(=O)Cc2cc(=O)oc3cc(C)ccc23)CC1. The van der Waals surface area contributed by atoms with Crippen LogP contribution < -0.4 is 5.63 Å². The van der Waals surface area contributed by atoms with Crippen LogP contribution in [0.1, 0.15) is 17.5 Å². The van der Waals surface area contributed by atoms with Gasteiger partial charge in [0.2, 0.25) is 11.8 Å². The van der Waals surface area contributed by atoms with Crippen LogP contribution in [-0.2, 0) is 20.7 Å². The first-order valence-corrected chi connectivity index (χ1v) is 9.06. The van der Waals surface area contributed by atoms with Crippen molar-refractivity contribution in [2.24, 2.45) is 0 Å². The molecule has 144 valence electrons. The highest BCUT2D eigenvalue weighted by Crippen LogP contribution is 2.19. The van der Waals surface area contributed by atoms with E-state index in [0.717, 1.165) is 17.4 Å². The van der Waals surface area contributed by atoms with Gasteiger partial charge in [0.15, 0.2) is 0 Å². The molecule has 0 unspecified atom stereocenters. The Labute approximate surface area is 157 Å². The highest BCUT2D eigenvalue weighted by molar-refractivity contribution is 5.87. The van der Waals surface area contributed by atoms with E-state index in [0.29, 0.717) is 37.3 Å². The molecule has 0 N–H and O–H groups in total. The number of carbonyl (C=O) groups excluding carboxylic acids is 2. The summed E-state index contributed by atoms with van der Waals surface area (Å²) in [5.41, 5.74) is 1.70. The van der Waals surface area contributed by atoms with E-state index in [9.17, 15) is 14.4 Å². The van der Waals surface area contributed by atoms with Crippen LogP contribution in [0.4, 0.5) is 0 Å². The number of hydrogen-bond donors (Lipinski definition) is 0. The van der Waals surface area contributed by atoms with Crippen molar-refractivity contribution < 1.29 is 18.7 Å². The van der Waals surface area contributed by atoms with Gasteiger partial charge in [-0.05, 0) is 30.5 Å². The number of methoxy groups -OCH3 is 1. The smallest absolute Gasteiger partial charge is 0.336 e. The summed E-state index contributed by atoms with van der Waals surface area (Å²) in [6.07, 6.45) is 0.856. The monoisotopic (exact) mass is 372 g/mol. The molecular weight excluding hydrogens is 348 g/mol. The first kappa shape index (κ1) is 19.1. The largest absolute Gasteiger partial charge is 0.423 e. The molecule has 1 saturated heterocycles. The van der Waals surface area contributed by atoms with Crippen molar-refractivity contribution in [1.29, 1.82) is 0 Å². The van der Waals surface area contributed by atoms with Crippen molar-refractivity contribution >= 4 is 22.8 Å². The lowest BCUT2D eigenvalue weighted by Gasteiger charge is -2.22. The summed E-state index contributed by atoms with van der Waals surface area (Å²) in [4.78, 5) is 40.1. The Morgan fingerprint density at radius 2 is 1.78 bits per heavy atom. The van der Waals surface area contributed by atoms with Crippen LogP contribution in [0.5, 0.6) is 0 Å². The standard InChI is InChI=1S/C20H24N2O5/c1-14-4-5-16-15(12-20(25)27-17(16)10-14)11-18(23)21-6-3-7-22(9-8-21)19(24)13-26-2/h4-5,10,12H,3,6-9,11,13H2,1-2H3. The van der Waals surface area contributed by atoms with E-state index in [1.807, 2.05) is 19.1 Å². The van der Waals surface area contributed by atoms with Crippen LogP contribution in [0, 0.1) is 6.92 Å². The Hall–Kier alpha value is -2.67. The Kier molecular flexibility index (Phi) is 5.91. The van der Waals surface area contributed by atoms with Crippen molar-refractivity contribution in [3.63, 3.8) is 0 Å². The number of ether oxygens (including phenoxy) is 1. The molecule has 1 aromatic heterocycles. The molecule has 1 aliphatic rings. The Morgan fingerprint density at radius 3 is 2.48 bits per heavy atom. The van der Waals surface area contributed by atoms with E-state index < -0.39 is 5.63 Å². The van der Waals surface area contributed by atoms with Gasteiger partial charge < -0.3 is 19.0 Å². The summed E-state index contributed by atoms with van der Waals surface area (Å²) >= 11 is 0. The van der Waals surface area contributed by atoms with Gasteiger partial charge in [-0.3, -0.25) is 9.59 Å². The molecule has 0 spiro atoms. The zero-order valence-corrected chi connectivity index (χ0v) is 15.7. The second-order valence-electron chi connectivity index (χ2n) is 6.82. The van der Waals surface area contributed by atoms with Crippen molar-refractivity contribution in [2.45, 2.75) is 19.8 Å². The van der Waals surface area contributed by atoms with Crippen LogP contribution in [0.2, 0.25) is 0 Å². The average molecular weight is 372 g/mol. The molecule has 0 aliphatic carbocycles. The first-order valence-electron chi connectivity index (χ1n) is 9.06. The minimum Gasteiger partial charge on any atom is -0.423 e. The summed E-state index contributed by atoms with van der Waals surface area (Å²) in [6.45, 7) is 4.15. The van der Waals surface area contributed by atoms with E-state index in [-0.39, 0.29) is 24.8 Å². The molecule has 2 aromatic rings. The van der Waals surface area contributed by atoms with Gasteiger partial charge in [-0.2, -0.15) is 0 Å². The maximum Gasteiger partial charge on any atom is 0.336 e. The van der Waals surface area contributed by atoms with Crippen LogP contribution in [0.3, 0.4) is 0 Å². The fourth-order valence-corrected chi connectivity index (χ4v) is 3.39. The number of nitrogens with zero attached hydrogens (tertiary/aromatic N) is 2. The van der Waals surface area contributed by atoms with E-state index in [1.54, 1.807) is 15.9 Å². The molecule has 7 heteroatoms. The van der Waals surface area contributed by atoms with E-state index >= 15 is 0 Å². The average Bonchev–Trinajstić information content (AvgIpc) is 2.87. The topological polar surface area (TPSA) is 80.1 Å². The maximum atomic E-state index is 12.8. The molecule has 2 heterocycles. The normalized spacial score (nSPS) is 15.0. The third kappa shape index (κ3) is 4.54. The summed E-state index contributed by atoms with van der Waals surface area (Å²) in [5, 5.41) is 0.778. The summed E-state index contributed by atoms with van der Waals surface area (Å²) in [7, 11) is 1.49. The van der Waals surface area contributed by atoms with Gasteiger partial charge in [0.25, 0.3) is 0 Å². The van der Waals surface area contributed by atoms with E-state index in [2.05, 4.69) is 0 Å². The summed E-state index contributed by atoms with van der Waals surface area (Å²) < 4.78 is 10.2. The number of amides is 2. The second-order valence-corrected chi connectivity index (χ2v) is 6.82. The van der Waals surface area contributed by atoms with E-state index in [4.69, 9.17) is 9.15 Å². The van der Waals surface area contributed by atoms with Gasteiger partial charge in [-0.1, -0.05) is 12.1 Å². The minimum absolute atomic E-state index is 0.0523. The fourth-order valence-electron chi connectivity index (χ4n) is 3.39. The number of hydrogen-bond acceptors (Lipinski definition) is 5. The van der Waals surface area contributed by atoms with Gasteiger partial charge in [0.1, 0.15) is 12.2 Å². The highest BCUT2D eigenvalue weighted by atomic mass is 16.5. The number of carbonyl (C=O) groups is 2. The number of benzene rings is 1. The maximum absolute atomic E-state index is 12.8. The van der Waals surface area contributed by atoms with Crippen molar-refractivity contribution in [1.82, 2.24) is 9.80 Å². The third-order valence-electron chi connectivity index (χ3n) is 4.80. The van der Waals surface area contributed by atoms with Crippen molar-refractivity contribution in [3.8, 4) is 0 Å². The van der Waals surface area contributed by atoms with Crippen molar-refractivity contribution in [3.05, 3.63) is 45.8 Å². The quantitative estimate of drug-likeness (QED) is 0.757. The molecule has 0 saturated carbocycles. The molecule has 1 fully saturated rings. The zero-order chi connectivity index (χ0) is 19.4. The van der Waals surface area contributed by atoms with Crippen LogP contribution in [-0.4, -0.2) is 61.5 Å². The molecule has 0 atom stereocenters. The molecule has 0 bridgehead atoms. The van der Waals surface area contributed by atoms with Crippen LogP contribution in [0.15, 0.2) is 33.5 Å². The second kappa shape index (κ2) is 8.35. The molecule has 1 aliphatic heterocycles. The lowest BCUT2D eigenvalue weighted by atomic mass is 10.0. The van der Waals surface area contributed by atoms with Gasteiger partial charge in [-0.15, -0.1) is 0 Å². The molecular formula is C20H24N2O5. The predicted octanol–water partition coefficient (Wildman–Crippen LogP) is 1.35. The first-order chi connectivity index (χ1) is 13.0. The Morgan fingerprint density at radius 1 is 1.07 bits per heavy atom. The molecule has 0 radical (unpaired) electrons. The fraction of sp³-hybridized carbons (Fsp3) is 0.450. The van der Waals surface area contributed by atoms with E-state index in [1.165, 1.54) is 13.2 Å². The van der Waals surface area contributed by atoms with Gasteiger partial charge in [0.05, 0.1) is 6.42 Å². The molecule has 3 rings (SSSR count). The zero-order valence-electron chi connectivity index (χ0n) is 15.7. The van der Waals surface area contributed by atoms with Gasteiger partial charge >= 0.3 is 5.63 Å². The highest BCUT2D eigenvalue weighted by Gasteiger charge is 2.22.